The van der Waals surface area contributed by atoms with Crippen LogP contribution < -0.4 is 0 Å². The zero-order chi connectivity index (χ0) is 74.6. The monoisotopic (exact) mass is 1470 g/mol. The van der Waals surface area contributed by atoms with Crippen molar-refractivity contribution in [2.24, 2.45) is 0 Å². The van der Waals surface area contributed by atoms with E-state index in [2.05, 4.69) is 161 Å². The van der Waals surface area contributed by atoms with E-state index in [0.29, 0.717) is 25.7 Å². The predicted molar refractivity (Wildman–Crippen MR) is 418 cm³/mol. The van der Waals surface area contributed by atoms with Crippen LogP contribution in [0.25, 0.3) is 0 Å². The van der Waals surface area contributed by atoms with Crippen molar-refractivity contribution in [1.29, 1.82) is 0 Å². The first-order valence-electron chi connectivity index (χ1n) is 39.4. The predicted octanol–water partition coefficient (Wildman–Crippen LogP) is 22.9. The van der Waals surface area contributed by atoms with Gasteiger partial charge in [0.15, 0.2) is 12.2 Å². The van der Waals surface area contributed by atoms with Crippen molar-refractivity contribution in [2.45, 2.75) is 329 Å². The van der Waals surface area contributed by atoms with E-state index in [1.165, 1.54) is 44.9 Å². The molecular formula is C83H140O17P2. The number of allylic oxidation sites excluding steroid dienone is 22. The van der Waals surface area contributed by atoms with Crippen molar-refractivity contribution in [3.8, 4) is 0 Å². The second-order valence-electron chi connectivity index (χ2n) is 25.9. The van der Waals surface area contributed by atoms with E-state index in [-0.39, 0.29) is 25.7 Å². The van der Waals surface area contributed by atoms with Gasteiger partial charge in [-0.3, -0.25) is 37.3 Å². The minimum Gasteiger partial charge on any atom is -0.462 e. The van der Waals surface area contributed by atoms with E-state index in [4.69, 9.17) is 37.0 Å². The topological polar surface area (TPSA) is 237 Å². The van der Waals surface area contributed by atoms with Crippen molar-refractivity contribution in [1.82, 2.24) is 0 Å². The number of carbonyl (C=O) groups excluding carboxylic acids is 4. The fourth-order valence-corrected chi connectivity index (χ4v) is 11.7. The van der Waals surface area contributed by atoms with Crippen molar-refractivity contribution < 1.29 is 80.2 Å². The fourth-order valence-electron chi connectivity index (χ4n) is 10.1. The van der Waals surface area contributed by atoms with Gasteiger partial charge in [0, 0.05) is 25.7 Å². The lowest BCUT2D eigenvalue weighted by molar-refractivity contribution is -0.161. The molecule has 0 bridgehead atoms. The van der Waals surface area contributed by atoms with E-state index in [0.717, 1.165) is 186 Å². The molecule has 0 radical (unpaired) electrons. The summed E-state index contributed by atoms with van der Waals surface area (Å²) in [5.74, 6) is -2.26. The van der Waals surface area contributed by atoms with Gasteiger partial charge in [-0.15, -0.1) is 0 Å². The summed E-state index contributed by atoms with van der Waals surface area (Å²) in [7, 11) is -9.98. The van der Waals surface area contributed by atoms with Crippen molar-refractivity contribution in [3.63, 3.8) is 0 Å². The van der Waals surface area contributed by atoms with E-state index in [1.807, 2.05) is 0 Å². The lowest BCUT2D eigenvalue weighted by Crippen LogP contribution is -2.30. The number of hydrogen-bond acceptors (Lipinski definition) is 15. The minimum atomic E-state index is -4.99. The van der Waals surface area contributed by atoms with Crippen LogP contribution in [0.3, 0.4) is 0 Å². The highest BCUT2D eigenvalue weighted by Crippen LogP contribution is 2.45. The van der Waals surface area contributed by atoms with Crippen LogP contribution in [0.5, 0.6) is 0 Å². The maximum Gasteiger partial charge on any atom is 0.472 e. The molecule has 0 aliphatic rings. The number of hydrogen-bond donors (Lipinski definition) is 3. The summed E-state index contributed by atoms with van der Waals surface area (Å²) in [5.41, 5.74) is 0. The number of rotatable bonds is 73. The number of carbonyl (C=O) groups is 4. The molecule has 19 heteroatoms. The Kier molecular flexibility index (Phi) is 71.0. The molecule has 0 aromatic carbocycles. The number of phosphoric acid groups is 2. The molecule has 0 aromatic rings. The summed E-state index contributed by atoms with van der Waals surface area (Å²) >= 11 is 0. The molecule has 5 atom stereocenters. The molecule has 17 nitrogen and oxygen atoms in total. The van der Waals surface area contributed by atoms with Gasteiger partial charge in [0.05, 0.1) is 26.4 Å². The molecule has 0 rings (SSSR count). The Morgan fingerprint density at radius 1 is 0.284 bits per heavy atom. The third-order valence-electron chi connectivity index (χ3n) is 16.1. The van der Waals surface area contributed by atoms with Gasteiger partial charge in [0.2, 0.25) is 0 Å². The highest BCUT2D eigenvalue weighted by Gasteiger charge is 2.30. The number of ether oxygens (including phenoxy) is 4. The highest BCUT2D eigenvalue weighted by molar-refractivity contribution is 7.47. The van der Waals surface area contributed by atoms with Crippen LogP contribution in [0, 0.1) is 0 Å². The fraction of sp³-hybridized carbons (Fsp3) is 0.687. The first kappa shape index (κ1) is 97.2. The van der Waals surface area contributed by atoms with Crippen molar-refractivity contribution in [2.75, 3.05) is 39.6 Å². The SMILES string of the molecule is CC/C=C\C/C=C\C/C=C\C/C=C\CCCCCCCCC(=O)OCC(COP(=O)(O)OCC(O)COP(=O)(O)OCC(COC(=O)CCCC/C=C\C/C=C\C/C=C\C/C=C\CC)OC(=O)CCCCCCC/C=C\CCCCCC)OC(=O)CCCCCCC/C=C\C/C=C\CCCCC. The quantitative estimate of drug-likeness (QED) is 0.0169. The van der Waals surface area contributed by atoms with Crippen LogP contribution in [-0.2, 0) is 65.4 Å². The molecule has 0 saturated carbocycles. The van der Waals surface area contributed by atoms with E-state index >= 15 is 0 Å². The Bertz CT molecular complexity index is 2460. The van der Waals surface area contributed by atoms with Gasteiger partial charge in [-0.25, -0.2) is 9.13 Å². The molecule has 0 heterocycles. The highest BCUT2D eigenvalue weighted by atomic mass is 31.2. The summed E-state index contributed by atoms with van der Waals surface area (Å²) in [5, 5.41) is 10.6. The number of phosphoric ester groups is 2. The lowest BCUT2D eigenvalue weighted by atomic mass is 10.1. The van der Waals surface area contributed by atoms with Gasteiger partial charge in [-0.1, -0.05) is 258 Å². The first-order valence-corrected chi connectivity index (χ1v) is 42.4. The second-order valence-corrected chi connectivity index (χ2v) is 28.8. The molecule has 0 amide bonds. The Labute approximate surface area is 618 Å². The lowest BCUT2D eigenvalue weighted by Gasteiger charge is -2.21. The summed E-state index contributed by atoms with van der Waals surface area (Å²) < 4.78 is 68.5. The zero-order valence-corrected chi connectivity index (χ0v) is 65.5. The Hall–Kier alpha value is -4.80. The second kappa shape index (κ2) is 74.5. The molecule has 0 aliphatic heterocycles. The Morgan fingerprint density at radius 2 is 0.510 bits per heavy atom. The first-order chi connectivity index (χ1) is 49.7. The number of aliphatic hydroxyl groups is 1. The Morgan fingerprint density at radius 3 is 0.833 bits per heavy atom. The molecule has 0 fully saturated rings. The minimum absolute atomic E-state index is 0.0717. The molecule has 584 valence electrons. The molecule has 0 spiro atoms. The molecule has 5 unspecified atom stereocenters. The molecule has 0 saturated heterocycles. The Balaban J connectivity index is 5.41. The van der Waals surface area contributed by atoms with Crippen LogP contribution in [0.1, 0.15) is 310 Å². The van der Waals surface area contributed by atoms with Gasteiger partial charge in [0.25, 0.3) is 0 Å². The largest absolute Gasteiger partial charge is 0.472 e. The van der Waals surface area contributed by atoms with Crippen LogP contribution in [0.4, 0.5) is 0 Å². The maximum absolute atomic E-state index is 13.1. The molecule has 0 aromatic heterocycles. The average Bonchev–Trinajstić information content (AvgIpc) is 0.924. The van der Waals surface area contributed by atoms with Crippen LogP contribution >= 0.6 is 15.6 Å². The number of aliphatic hydroxyl groups excluding tert-OH is 1. The number of esters is 4. The zero-order valence-electron chi connectivity index (χ0n) is 63.7. The summed E-state index contributed by atoms with van der Waals surface area (Å²) in [6, 6.07) is 0. The summed E-state index contributed by atoms with van der Waals surface area (Å²) in [4.78, 5) is 73.0. The third-order valence-corrected chi connectivity index (χ3v) is 18.0. The van der Waals surface area contributed by atoms with Gasteiger partial charge in [0.1, 0.15) is 19.3 Å². The van der Waals surface area contributed by atoms with Gasteiger partial charge in [-0.05, 0) is 161 Å². The number of unbranched alkanes of at least 4 members (excludes halogenated alkanes) is 25. The maximum atomic E-state index is 13.1. The van der Waals surface area contributed by atoms with Crippen molar-refractivity contribution in [3.05, 3.63) is 134 Å². The van der Waals surface area contributed by atoms with E-state index in [9.17, 15) is 43.2 Å². The van der Waals surface area contributed by atoms with Crippen LogP contribution in [0.2, 0.25) is 0 Å². The normalized spacial score (nSPS) is 14.6. The molecule has 3 N–H and O–H groups in total. The third kappa shape index (κ3) is 73.5. The molecule has 102 heavy (non-hydrogen) atoms. The van der Waals surface area contributed by atoms with E-state index in [1.54, 1.807) is 0 Å². The standard InChI is InChI=1S/C83H140O17P2/c1-5-9-13-17-21-25-29-33-36-37-38-39-42-45-48-52-56-60-64-68-81(86)94-74-79(100-83(88)70-66-62-58-54-50-46-41-35-31-27-23-19-15-11-7-3)76-98-102(91,92)96-72-77(84)71-95-101(89,90)97-75-78(99-82(87)69-65-61-57-53-49-43-32-28-24-20-16-12-8-4)73-93-80(85)67-63-59-55-51-47-44-40-34-30-26-22-18-14-10-6-2/h9-10,13-14,21-23,25-28,32-36,38-41,47,51,77-79,84H,5-8,11-12,15-20,24,29-31,37,42-46,48-50,52-76H2,1-4H3,(H,89,90)(H,91,92)/b13-9-,14-10-,25-21-,26-22-,27-23-,32-28-,36-33-,39-38-,40-34-,41-35-,51-47-. The van der Waals surface area contributed by atoms with Gasteiger partial charge < -0.3 is 33.8 Å². The van der Waals surface area contributed by atoms with Crippen LogP contribution in [-0.4, -0.2) is 96.7 Å². The summed E-state index contributed by atoms with van der Waals surface area (Å²) in [6.07, 6.45) is 82.9. The molecule has 0 aliphatic carbocycles. The van der Waals surface area contributed by atoms with E-state index < -0.39 is 97.5 Å². The molecular weight excluding hydrogens is 1330 g/mol. The summed E-state index contributed by atoms with van der Waals surface area (Å²) in [6.45, 7) is 4.52. The average molecular weight is 1470 g/mol. The van der Waals surface area contributed by atoms with Crippen LogP contribution in [0.15, 0.2) is 134 Å². The smallest absolute Gasteiger partial charge is 0.462 e. The van der Waals surface area contributed by atoms with Gasteiger partial charge in [-0.2, -0.15) is 0 Å². The van der Waals surface area contributed by atoms with Crippen molar-refractivity contribution >= 4 is 39.5 Å². The van der Waals surface area contributed by atoms with Gasteiger partial charge >= 0.3 is 39.5 Å².